The highest BCUT2D eigenvalue weighted by molar-refractivity contribution is 4.92. The molecule has 9 N–H and O–H groups in total. The van der Waals surface area contributed by atoms with E-state index in [0.717, 1.165) is 19.3 Å². The summed E-state index contributed by atoms with van der Waals surface area (Å²) in [6.45, 7) is 1.38. The van der Waals surface area contributed by atoms with Crippen LogP contribution in [0.3, 0.4) is 0 Å². The minimum Gasteiger partial charge on any atom is -0.394 e. The van der Waals surface area contributed by atoms with E-state index in [-0.39, 0.29) is 19.8 Å². The lowest BCUT2D eigenvalue weighted by molar-refractivity contribution is 0.0238. The van der Waals surface area contributed by atoms with Crippen molar-refractivity contribution in [2.24, 2.45) is 11.5 Å². The monoisotopic (exact) mass is 490 g/mol. The highest BCUT2D eigenvalue weighted by Crippen LogP contribution is 2.09. The number of aliphatic hydroxyl groups excluding tert-OH is 5. The Labute approximate surface area is 207 Å². The predicted molar refractivity (Wildman–Crippen MR) is 139 cm³/mol. The van der Waals surface area contributed by atoms with E-state index < -0.39 is 30.9 Å². The van der Waals surface area contributed by atoms with Crippen LogP contribution < -0.4 is 11.5 Å². The second kappa shape index (κ2) is 25.3. The summed E-state index contributed by atoms with van der Waals surface area (Å²) >= 11 is 0. The van der Waals surface area contributed by atoms with Crippen LogP contribution in [0.2, 0.25) is 0 Å². The molecule has 0 aliphatic heterocycles. The first-order chi connectivity index (χ1) is 16.4. The Kier molecular flexibility index (Phi) is 26.2. The van der Waals surface area contributed by atoms with Crippen LogP contribution in [0.4, 0.5) is 0 Å². The quantitative estimate of drug-likeness (QED) is 0.0896. The average Bonchev–Trinajstić information content (AvgIpc) is 2.87. The Morgan fingerprint density at radius 2 is 1.03 bits per heavy atom. The van der Waals surface area contributed by atoms with Gasteiger partial charge in [0.15, 0.2) is 0 Å². The molecule has 0 heterocycles. The molecule has 0 saturated heterocycles. The third-order valence-corrected chi connectivity index (χ3v) is 5.45. The minimum absolute atomic E-state index is 0.209. The largest absolute Gasteiger partial charge is 0.394 e. The number of allylic oxidation sites excluding steroid dienone is 4. The van der Waals surface area contributed by atoms with Gasteiger partial charge in [0, 0.05) is 6.61 Å². The molecule has 0 spiro atoms. The molecule has 0 atom stereocenters. The van der Waals surface area contributed by atoms with Crippen molar-refractivity contribution in [1.29, 1.82) is 0 Å². The van der Waals surface area contributed by atoms with E-state index in [1.807, 2.05) is 0 Å². The molecule has 8 nitrogen and oxygen atoms in total. The van der Waals surface area contributed by atoms with Crippen molar-refractivity contribution >= 4 is 0 Å². The van der Waals surface area contributed by atoms with Crippen LogP contribution in [0.25, 0.3) is 0 Å². The maximum atomic E-state index is 9.06. The van der Waals surface area contributed by atoms with Crippen molar-refractivity contribution in [3.05, 3.63) is 24.3 Å². The van der Waals surface area contributed by atoms with Crippen LogP contribution in [0.5, 0.6) is 0 Å². The highest BCUT2D eigenvalue weighted by Gasteiger charge is 2.23. The summed E-state index contributed by atoms with van der Waals surface area (Å²) in [5.41, 5.74) is 8.67. The summed E-state index contributed by atoms with van der Waals surface area (Å²) < 4.78 is 5.44. The van der Waals surface area contributed by atoms with Gasteiger partial charge in [0.05, 0.1) is 50.7 Å². The average molecular weight is 491 g/mol. The minimum atomic E-state index is -1.21. The van der Waals surface area contributed by atoms with Gasteiger partial charge in [0.1, 0.15) is 0 Å². The number of nitrogens with two attached hydrogens (primary N) is 2. The van der Waals surface area contributed by atoms with Gasteiger partial charge in [0.25, 0.3) is 0 Å². The maximum absolute atomic E-state index is 9.06. The molecular weight excluding hydrogens is 436 g/mol. The lowest BCUT2D eigenvalue weighted by Crippen LogP contribution is -2.51. The van der Waals surface area contributed by atoms with E-state index >= 15 is 0 Å². The van der Waals surface area contributed by atoms with Gasteiger partial charge >= 0.3 is 0 Å². The molecule has 0 aromatic rings. The molecular formula is C26H54N2O6. The molecule has 34 heavy (non-hydrogen) atoms. The number of unbranched alkanes of at least 4 members (excludes halogenated alkanes) is 9. The van der Waals surface area contributed by atoms with Crippen LogP contribution in [0, 0.1) is 0 Å². The normalized spacial score (nSPS) is 12.5. The van der Waals surface area contributed by atoms with E-state index in [2.05, 4.69) is 31.2 Å². The summed E-state index contributed by atoms with van der Waals surface area (Å²) in [7, 11) is 0. The molecule has 204 valence electrons. The second-order valence-electron chi connectivity index (χ2n) is 9.15. The second-order valence-corrected chi connectivity index (χ2v) is 9.15. The highest BCUT2D eigenvalue weighted by atomic mass is 16.5. The Morgan fingerprint density at radius 3 is 1.47 bits per heavy atom. The smallest absolute Gasteiger partial charge is 0.0859 e. The third-order valence-electron chi connectivity index (χ3n) is 5.45. The van der Waals surface area contributed by atoms with Crippen molar-refractivity contribution in [3.8, 4) is 0 Å². The van der Waals surface area contributed by atoms with Crippen LogP contribution in [-0.2, 0) is 4.74 Å². The van der Waals surface area contributed by atoms with Crippen LogP contribution in [0.15, 0.2) is 24.3 Å². The lowest BCUT2D eigenvalue weighted by Gasteiger charge is -2.24. The van der Waals surface area contributed by atoms with Crippen molar-refractivity contribution in [3.63, 3.8) is 0 Å². The van der Waals surface area contributed by atoms with Gasteiger partial charge in [-0.05, 0) is 38.5 Å². The predicted octanol–water partition coefficient (Wildman–Crippen LogP) is 2.16. The van der Waals surface area contributed by atoms with Crippen molar-refractivity contribution < 1.29 is 30.3 Å². The summed E-state index contributed by atoms with van der Waals surface area (Å²) in [4.78, 5) is 0. The maximum Gasteiger partial charge on any atom is 0.0859 e. The molecule has 8 heteroatoms. The standard InChI is InChI=1S/C22H43NO3.C4H11NO3/c1-2-3-4-5-6-7-8-9-10-11-12-13-14-15-16-17-18-26-21-22(23,19-24)20-25;5-4(1-6,2-7)3-8/h6-7,9-10,24-25H,2-5,8,11-21,23H2,1H3;6-8H,1-3,5H2/b7-6-,10-9-;. The van der Waals surface area contributed by atoms with E-state index in [1.165, 1.54) is 57.8 Å². The van der Waals surface area contributed by atoms with Gasteiger partial charge in [0.2, 0.25) is 0 Å². The van der Waals surface area contributed by atoms with Gasteiger partial charge in [-0.3, -0.25) is 0 Å². The van der Waals surface area contributed by atoms with Crippen LogP contribution in [-0.4, -0.2) is 82.9 Å². The lowest BCUT2D eigenvalue weighted by atomic mass is 10.1. The van der Waals surface area contributed by atoms with Crippen molar-refractivity contribution in [2.45, 2.75) is 95.1 Å². The molecule has 0 rings (SSSR count). The number of ether oxygens (including phenoxy) is 1. The van der Waals surface area contributed by atoms with Gasteiger partial charge in [-0.2, -0.15) is 0 Å². The number of hydrogen-bond acceptors (Lipinski definition) is 8. The molecule has 0 aromatic heterocycles. The fraction of sp³-hybridized carbons (Fsp3) is 0.846. The number of hydrogen-bond donors (Lipinski definition) is 7. The van der Waals surface area contributed by atoms with Crippen LogP contribution >= 0.6 is 0 Å². The first-order valence-corrected chi connectivity index (χ1v) is 12.9. The Bertz CT molecular complexity index is 458. The van der Waals surface area contributed by atoms with E-state index in [9.17, 15) is 0 Å². The molecule has 0 unspecified atom stereocenters. The molecule has 0 aromatic carbocycles. The first-order valence-electron chi connectivity index (χ1n) is 12.9. The Balaban J connectivity index is 0. The zero-order chi connectivity index (χ0) is 26.0. The summed E-state index contributed by atoms with van der Waals surface area (Å²) in [6, 6.07) is 0. The summed E-state index contributed by atoms with van der Waals surface area (Å²) in [6.07, 6.45) is 23.9. The molecule has 0 aliphatic carbocycles. The molecule has 0 amide bonds. The van der Waals surface area contributed by atoms with Crippen LogP contribution in [0.1, 0.15) is 84.0 Å². The topological polar surface area (TPSA) is 162 Å². The SMILES string of the molecule is CCCCC/C=C\C/C=C\CCCCCCCCOCC(N)(CO)CO.NC(CO)(CO)CO. The van der Waals surface area contributed by atoms with Crippen molar-refractivity contribution in [2.75, 3.05) is 46.2 Å². The number of rotatable bonds is 22. The first kappa shape index (κ1) is 35.3. The fourth-order valence-corrected chi connectivity index (χ4v) is 2.76. The summed E-state index contributed by atoms with van der Waals surface area (Å²) in [5, 5.41) is 43.1. The van der Waals surface area contributed by atoms with Gasteiger partial charge < -0.3 is 41.7 Å². The number of aliphatic hydroxyl groups is 5. The molecule has 0 radical (unpaired) electrons. The Hall–Kier alpha value is -0.840. The van der Waals surface area contributed by atoms with Gasteiger partial charge in [-0.25, -0.2) is 0 Å². The Morgan fingerprint density at radius 1 is 0.588 bits per heavy atom. The molecule has 0 aliphatic rings. The van der Waals surface area contributed by atoms with E-state index in [0.29, 0.717) is 6.61 Å². The summed E-state index contributed by atoms with van der Waals surface area (Å²) in [5.74, 6) is 0. The zero-order valence-corrected chi connectivity index (χ0v) is 21.5. The molecule has 0 bridgehead atoms. The van der Waals surface area contributed by atoms with Gasteiger partial charge in [-0.1, -0.05) is 69.8 Å². The third kappa shape index (κ3) is 22.9. The fourth-order valence-electron chi connectivity index (χ4n) is 2.76. The zero-order valence-electron chi connectivity index (χ0n) is 21.5. The van der Waals surface area contributed by atoms with Gasteiger partial charge in [-0.15, -0.1) is 0 Å². The van der Waals surface area contributed by atoms with Crippen molar-refractivity contribution in [1.82, 2.24) is 0 Å². The molecule has 0 fully saturated rings. The van der Waals surface area contributed by atoms with E-state index in [1.54, 1.807) is 0 Å². The van der Waals surface area contributed by atoms with E-state index in [4.69, 9.17) is 41.7 Å². The molecule has 0 saturated carbocycles.